The van der Waals surface area contributed by atoms with Crippen molar-refractivity contribution < 1.29 is 4.39 Å². The van der Waals surface area contributed by atoms with Crippen LogP contribution in [0.15, 0.2) is 12.4 Å². The molecule has 1 N–H and O–H groups in total. The molecule has 1 saturated carbocycles. The normalized spacial score (nSPS) is 26.4. The molecule has 2 unspecified atom stereocenters. The van der Waals surface area contributed by atoms with Gasteiger partial charge in [-0.1, -0.05) is 0 Å². The number of anilines is 1. The van der Waals surface area contributed by atoms with E-state index in [0.717, 1.165) is 24.4 Å². The van der Waals surface area contributed by atoms with Gasteiger partial charge in [-0.2, -0.15) is 0 Å². The number of rotatable bonds is 2. The van der Waals surface area contributed by atoms with Crippen LogP contribution in [0.3, 0.4) is 0 Å². The molecule has 0 aromatic carbocycles. The van der Waals surface area contributed by atoms with Gasteiger partial charge in [0, 0.05) is 11.8 Å². The minimum atomic E-state index is -0.731. The van der Waals surface area contributed by atoms with E-state index in [4.69, 9.17) is 0 Å². The van der Waals surface area contributed by atoms with Gasteiger partial charge in [0.15, 0.2) is 0 Å². The minimum absolute atomic E-state index is 0.0655. The van der Waals surface area contributed by atoms with Gasteiger partial charge in [-0.25, -0.2) is 14.4 Å². The van der Waals surface area contributed by atoms with Gasteiger partial charge in [-0.05, 0) is 26.2 Å². The molecule has 14 heavy (non-hydrogen) atoms. The summed E-state index contributed by atoms with van der Waals surface area (Å²) in [7, 11) is 0. The summed E-state index contributed by atoms with van der Waals surface area (Å²) in [6.07, 6.45) is 3.29. The van der Waals surface area contributed by atoms with Crippen LogP contribution >= 0.6 is 0 Å². The number of halogens is 1. The molecule has 0 saturated heterocycles. The monoisotopic (exact) mass is 195 g/mol. The Bertz CT molecular complexity index is 316. The van der Waals surface area contributed by atoms with Crippen molar-refractivity contribution in [2.75, 3.05) is 5.32 Å². The molecule has 2 rings (SSSR count). The maximum atomic E-state index is 13.3. The van der Waals surface area contributed by atoms with Crippen molar-refractivity contribution in [3.8, 4) is 0 Å². The second-order valence-electron chi connectivity index (χ2n) is 3.74. The molecule has 3 nitrogen and oxygen atoms in total. The fraction of sp³-hybridized carbons (Fsp3) is 0.600. The number of nitrogens with one attached hydrogen (secondary N) is 1. The van der Waals surface area contributed by atoms with Gasteiger partial charge < -0.3 is 5.32 Å². The van der Waals surface area contributed by atoms with Crippen molar-refractivity contribution in [1.29, 1.82) is 0 Å². The van der Waals surface area contributed by atoms with Crippen LogP contribution in [0.1, 0.15) is 25.0 Å². The summed E-state index contributed by atoms with van der Waals surface area (Å²) in [5.74, 6) is 0.729. The Balaban J connectivity index is 2.03. The fourth-order valence-corrected chi connectivity index (χ4v) is 1.80. The molecule has 0 amide bonds. The van der Waals surface area contributed by atoms with Gasteiger partial charge in [0.2, 0.25) is 0 Å². The first-order valence-electron chi connectivity index (χ1n) is 4.95. The van der Waals surface area contributed by atoms with Crippen molar-refractivity contribution in [2.24, 2.45) is 0 Å². The predicted octanol–water partition coefficient (Wildman–Crippen LogP) is 2.09. The number of hydrogen-bond acceptors (Lipinski definition) is 3. The fourth-order valence-electron chi connectivity index (χ4n) is 1.80. The van der Waals surface area contributed by atoms with Gasteiger partial charge in [0.1, 0.15) is 18.3 Å². The Hall–Kier alpha value is -1.19. The third-order valence-electron chi connectivity index (χ3n) is 2.57. The molecule has 0 bridgehead atoms. The zero-order valence-corrected chi connectivity index (χ0v) is 8.20. The standard InChI is InChI=1S/C10H14FN3/c1-7-5-10(13-6-12-7)14-9-4-2-3-8(9)11/h5-6,8-9H,2-4H2,1H3,(H,12,13,14). The molecule has 0 aliphatic heterocycles. The average molecular weight is 195 g/mol. The van der Waals surface area contributed by atoms with Crippen LogP contribution in [0, 0.1) is 6.92 Å². The third-order valence-corrected chi connectivity index (χ3v) is 2.57. The summed E-state index contributed by atoms with van der Waals surface area (Å²) >= 11 is 0. The molecule has 1 aliphatic carbocycles. The molecule has 0 spiro atoms. The van der Waals surface area contributed by atoms with E-state index in [1.165, 1.54) is 6.33 Å². The number of aromatic nitrogens is 2. The highest BCUT2D eigenvalue weighted by Crippen LogP contribution is 2.24. The summed E-state index contributed by atoms with van der Waals surface area (Å²) in [5, 5.41) is 3.11. The maximum Gasteiger partial charge on any atom is 0.129 e. The van der Waals surface area contributed by atoms with E-state index in [-0.39, 0.29) is 6.04 Å². The van der Waals surface area contributed by atoms with Crippen LogP contribution in [0.5, 0.6) is 0 Å². The molecular weight excluding hydrogens is 181 g/mol. The Morgan fingerprint density at radius 2 is 2.29 bits per heavy atom. The zero-order valence-electron chi connectivity index (χ0n) is 8.20. The van der Waals surface area contributed by atoms with Crippen LogP contribution in [-0.2, 0) is 0 Å². The lowest BCUT2D eigenvalue weighted by molar-refractivity contribution is 0.323. The van der Waals surface area contributed by atoms with E-state index >= 15 is 0 Å². The Labute approximate surface area is 82.8 Å². The van der Waals surface area contributed by atoms with Gasteiger partial charge in [-0.3, -0.25) is 0 Å². The molecule has 1 aromatic rings. The van der Waals surface area contributed by atoms with Crippen molar-refractivity contribution in [3.63, 3.8) is 0 Å². The summed E-state index contributed by atoms with van der Waals surface area (Å²) in [4.78, 5) is 8.04. The highest BCUT2D eigenvalue weighted by Gasteiger charge is 2.26. The van der Waals surface area contributed by atoms with Crippen molar-refractivity contribution in [3.05, 3.63) is 18.1 Å². The van der Waals surface area contributed by atoms with Gasteiger partial charge in [-0.15, -0.1) is 0 Å². The largest absolute Gasteiger partial charge is 0.364 e. The first-order chi connectivity index (χ1) is 6.75. The molecule has 1 fully saturated rings. The third kappa shape index (κ3) is 2.00. The summed E-state index contributed by atoms with van der Waals surface area (Å²) in [5.41, 5.74) is 0.899. The van der Waals surface area contributed by atoms with Crippen molar-refractivity contribution >= 4 is 5.82 Å². The van der Waals surface area contributed by atoms with Crippen molar-refractivity contribution in [2.45, 2.75) is 38.4 Å². The number of aryl methyl sites for hydroxylation is 1. The van der Waals surface area contributed by atoms with Crippen LogP contribution < -0.4 is 5.32 Å². The SMILES string of the molecule is Cc1cc(NC2CCCC2F)ncn1. The van der Waals surface area contributed by atoms with Crippen LogP contribution in [0.4, 0.5) is 10.2 Å². The molecular formula is C10H14FN3. The zero-order chi connectivity index (χ0) is 9.97. The quantitative estimate of drug-likeness (QED) is 0.785. The number of nitrogens with zero attached hydrogens (tertiary/aromatic N) is 2. The topological polar surface area (TPSA) is 37.8 Å². The van der Waals surface area contributed by atoms with E-state index in [2.05, 4.69) is 15.3 Å². The Morgan fingerprint density at radius 1 is 1.43 bits per heavy atom. The first kappa shape index (κ1) is 9.37. The highest BCUT2D eigenvalue weighted by molar-refractivity contribution is 5.36. The molecule has 2 atom stereocenters. The lowest BCUT2D eigenvalue weighted by atomic mass is 10.2. The second-order valence-corrected chi connectivity index (χ2v) is 3.74. The van der Waals surface area contributed by atoms with Crippen LogP contribution in [0.25, 0.3) is 0 Å². The second kappa shape index (κ2) is 3.90. The summed E-state index contributed by atoms with van der Waals surface area (Å²) in [6.45, 7) is 1.90. The number of alkyl halides is 1. The lowest BCUT2D eigenvalue weighted by Crippen LogP contribution is -2.25. The average Bonchev–Trinajstić information content (AvgIpc) is 2.52. The Kier molecular flexibility index (Phi) is 2.61. The Morgan fingerprint density at radius 3 is 2.93 bits per heavy atom. The lowest BCUT2D eigenvalue weighted by Gasteiger charge is -2.15. The highest BCUT2D eigenvalue weighted by atomic mass is 19.1. The summed E-state index contributed by atoms with van der Waals surface area (Å²) < 4.78 is 13.3. The molecule has 76 valence electrons. The van der Waals surface area contributed by atoms with E-state index in [0.29, 0.717) is 6.42 Å². The number of hydrogen-bond donors (Lipinski definition) is 1. The minimum Gasteiger partial charge on any atom is -0.364 e. The maximum absolute atomic E-state index is 13.3. The molecule has 1 aromatic heterocycles. The van der Waals surface area contributed by atoms with Gasteiger partial charge in [0.05, 0.1) is 6.04 Å². The van der Waals surface area contributed by atoms with Gasteiger partial charge in [0.25, 0.3) is 0 Å². The van der Waals surface area contributed by atoms with E-state index in [9.17, 15) is 4.39 Å². The van der Waals surface area contributed by atoms with Crippen LogP contribution in [0.2, 0.25) is 0 Å². The first-order valence-corrected chi connectivity index (χ1v) is 4.95. The van der Waals surface area contributed by atoms with Gasteiger partial charge >= 0.3 is 0 Å². The van der Waals surface area contributed by atoms with Crippen molar-refractivity contribution in [1.82, 2.24) is 9.97 Å². The summed E-state index contributed by atoms with van der Waals surface area (Å²) in [6, 6.07) is 1.77. The predicted molar refractivity (Wildman–Crippen MR) is 52.9 cm³/mol. The molecule has 4 heteroatoms. The smallest absolute Gasteiger partial charge is 0.129 e. The van der Waals surface area contributed by atoms with E-state index in [1.807, 2.05) is 13.0 Å². The molecule has 1 aliphatic rings. The van der Waals surface area contributed by atoms with Crippen LogP contribution in [-0.4, -0.2) is 22.2 Å². The molecule has 0 radical (unpaired) electrons. The molecule has 1 heterocycles. The van der Waals surface area contributed by atoms with E-state index < -0.39 is 6.17 Å². The van der Waals surface area contributed by atoms with E-state index in [1.54, 1.807) is 0 Å².